The second-order valence-corrected chi connectivity index (χ2v) is 7.43. The first-order valence-electron chi connectivity index (χ1n) is 8.98. The molecule has 132 valence electrons. The van der Waals surface area contributed by atoms with Gasteiger partial charge in [0.2, 0.25) is 0 Å². The zero-order chi connectivity index (χ0) is 18.6. The highest BCUT2D eigenvalue weighted by atomic mass is 16.2. The van der Waals surface area contributed by atoms with Gasteiger partial charge in [-0.25, -0.2) is 0 Å². The third-order valence-corrected chi connectivity index (χ3v) is 4.47. The van der Waals surface area contributed by atoms with Crippen LogP contribution < -0.4 is 0 Å². The van der Waals surface area contributed by atoms with Gasteiger partial charge >= 0.3 is 0 Å². The maximum absolute atomic E-state index is 13.3. The van der Waals surface area contributed by atoms with Crippen molar-refractivity contribution in [2.75, 3.05) is 6.54 Å². The van der Waals surface area contributed by atoms with Crippen molar-refractivity contribution < 1.29 is 4.79 Å². The standard InChI is InChI=1S/C24H25NO/c1-24(2,3)25(18-10-13-19-11-5-4-6-12-19)23(26)22-17-9-15-20-14-7-8-16-21(20)22/h4-17H,18H2,1-3H3/b13-10+. The first-order valence-corrected chi connectivity index (χ1v) is 8.98. The summed E-state index contributed by atoms with van der Waals surface area (Å²) < 4.78 is 0. The van der Waals surface area contributed by atoms with Gasteiger partial charge in [-0.15, -0.1) is 0 Å². The van der Waals surface area contributed by atoms with E-state index < -0.39 is 0 Å². The third kappa shape index (κ3) is 4.02. The lowest BCUT2D eigenvalue weighted by atomic mass is 10.00. The molecule has 0 heterocycles. The van der Waals surface area contributed by atoms with Crippen LogP contribution in [0.4, 0.5) is 0 Å². The number of carbonyl (C=O) groups excluding carboxylic acids is 1. The molecule has 3 aromatic rings. The molecule has 0 spiro atoms. The van der Waals surface area contributed by atoms with Gasteiger partial charge in [-0.2, -0.15) is 0 Å². The Morgan fingerprint density at radius 1 is 0.885 bits per heavy atom. The van der Waals surface area contributed by atoms with Gasteiger partial charge in [-0.3, -0.25) is 4.79 Å². The number of amides is 1. The summed E-state index contributed by atoms with van der Waals surface area (Å²) in [6.07, 6.45) is 4.12. The predicted molar refractivity (Wildman–Crippen MR) is 110 cm³/mol. The molecule has 0 fully saturated rings. The van der Waals surface area contributed by atoms with E-state index in [1.165, 1.54) is 0 Å². The smallest absolute Gasteiger partial charge is 0.255 e. The molecule has 2 nitrogen and oxygen atoms in total. The van der Waals surface area contributed by atoms with Crippen molar-refractivity contribution in [2.24, 2.45) is 0 Å². The normalized spacial score (nSPS) is 11.8. The second kappa shape index (κ2) is 7.57. The Labute approximate surface area is 155 Å². The van der Waals surface area contributed by atoms with E-state index in [4.69, 9.17) is 0 Å². The molecule has 3 rings (SSSR count). The van der Waals surface area contributed by atoms with E-state index in [2.05, 4.69) is 45.1 Å². The topological polar surface area (TPSA) is 20.3 Å². The summed E-state index contributed by atoms with van der Waals surface area (Å²) in [6, 6.07) is 24.1. The summed E-state index contributed by atoms with van der Waals surface area (Å²) >= 11 is 0. The lowest BCUT2D eigenvalue weighted by Gasteiger charge is -2.35. The summed E-state index contributed by atoms with van der Waals surface area (Å²) in [5.41, 5.74) is 1.62. The van der Waals surface area contributed by atoms with Crippen molar-refractivity contribution in [3.05, 3.63) is 90.0 Å². The van der Waals surface area contributed by atoms with Crippen LogP contribution in [0.5, 0.6) is 0 Å². The number of fused-ring (bicyclic) bond motifs is 1. The first kappa shape index (κ1) is 17.9. The molecular weight excluding hydrogens is 318 g/mol. The lowest BCUT2D eigenvalue weighted by molar-refractivity contribution is 0.0619. The van der Waals surface area contributed by atoms with Crippen LogP contribution in [0.15, 0.2) is 78.9 Å². The molecule has 26 heavy (non-hydrogen) atoms. The number of benzene rings is 3. The summed E-state index contributed by atoms with van der Waals surface area (Å²) in [5, 5.41) is 2.09. The maximum Gasteiger partial charge on any atom is 0.255 e. The minimum Gasteiger partial charge on any atom is -0.330 e. The summed E-state index contributed by atoms with van der Waals surface area (Å²) in [7, 11) is 0. The van der Waals surface area contributed by atoms with Crippen LogP contribution >= 0.6 is 0 Å². The fourth-order valence-corrected chi connectivity index (χ4v) is 3.08. The fraction of sp³-hybridized carbons (Fsp3) is 0.208. The van der Waals surface area contributed by atoms with Gasteiger partial charge in [0, 0.05) is 17.6 Å². The van der Waals surface area contributed by atoms with Crippen molar-refractivity contribution >= 4 is 22.8 Å². The van der Waals surface area contributed by atoms with Crippen LogP contribution in [0.25, 0.3) is 16.8 Å². The summed E-state index contributed by atoms with van der Waals surface area (Å²) in [5.74, 6) is 0.0620. The van der Waals surface area contributed by atoms with Gasteiger partial charge in [0.25, 0.3) is 5.91 Å². The van der Waals surface area contributed by atoms with Crippen molar-refractivity contribution in [3.63, 3.8) is 0 Å². The minimum atomic E-state index is -0.269. The van der Waals surface area contributed by atoms with E-state index in [0.29, 0.717) is 6.54 Å². The van der Waals surface area contributed by atoms with E-state index in [9.17, 15) is 4.79 Å². The summed E-state index contributed by atoms with van der Waals surface area (Å²) in [4.78, 5) is 15.3. The molecule has 0 aliphatic rings. The number of carbonyl (C=O) groups is 1. The van der Waals surface area contributed by atoms with E-state index >= 15 is 0 Å². The molecule has 0 unspecified atom stereocenters. The molecule has 3 aromatic carbocycles. The molecule has 0 aliphatic carbocycles. The molecular formula is C24H25NO. The Kier molecular flexibility index (Phi) is 5.22. The zero-order valence-corrected chi connectivity index (χ0v) is 15.6. The highest BCUT2D eigenvalue weighted by Gasteiger charge is 2.27. The van der Waals surface area contributed by atoms with Crippen LogP contribution in [0.1, 0.15) is 36.7 Å². The number of hydrogen-bond acceptors (Lipinski definition) is 1. The van der Waals surface area contributed by atoms with E-state index in [0.717, 1.165) is 21.9 Å². The molecule has 0 saturated heterocycles. The highest BCUT2D eigenvalue weighted by molar-refractivity contribution is 6.07. The van der Waals surface area contributed by atoms with Crippen LogP contribution in [-0.4, -0.2) is 22.9 Å². The molecule has 2 heteroatoms. The molecule has 0 atom stereocenters. The third-order valence-electron chi connectivity index (χ3n) is 4.47. The van der Waals surface area contributed by atoms with Crippen molar-refractivity contribution in [1.29, 1.82) is 0 Å². The second-order valence-electron chi connectivity index (χ2n) is 7.43. The fourth-order valence-electron chi connectivity index (χ4n) is 3.08. The van der Waals surface area contributed by atoms with E-state index in [1.54, 1.807) is 0 Å². The average molecular weight is 343 g/mol. The van der Waals surface area contributed by atoms with Crippen molar-refractivity contribution in [2.45, 2.75) is 26.3 Å². The van der Waals surface area contributed by atoms with E-state index in [1.807, 2.05) is 65.6 Å². The number of nitrogens with zero attached hydrogens (tertiary/aromatic N) is 1. The van der Waals surface area contributed by atoms with Crippen LogP contribution in [0, 0.1) is 0 Å². The highest BCUT2D eigenvalue weighted by Crippen LogP contribution is 2.23. The molecule has 0 radical (unpaired) electrons. The molecule has 0 aliphatic heterocycles. The number of rotatable bonds is 4. The number of hydrogen-bond donors (Lipinski definition) is 0. The average Bonchev–Trinajstić information content (AvgIpc) is 2.64. The largest absolute Gasteiger partial charge is 0.330 e. The Morgan fingerprint density at radius 2 is 1.54 bits per heavy atom. The Bertz CT molecular complexity index is 914. The predicted octanol–water partition coefficient (Wildman–Crippen LogP) is 5.79. The minimum absolute atomic E-state index is 0.0620. The van der Waals surface area contributed by atoms with Gasteiger partial charge in [0.15, 0.2) is 0 Å². The van der Waals surface area contributed by atoms with Crippen LogP contribution in [-0.2, 0) is 0 Å². The molecule has 0 saturated carbocycles. The molecule has 0 aromatic heterocycles. The molecule has 0 bridgehead atoms. The van der Waals surface area contributed by atoms with Gasteiger partial charge in [0.1, 0.15) is 0 Å². The Balaban J connectivity index is 1.90. The Morgan fingerprint density at radius 3 is 2.27 bits per heavy atom. The SMILES string of the molecule is CC(C)(C)N(C/C=C/c1ccccc1)C(=O)c1cccc2ccccc12. The monoisotopic (exact) mass is 343 g/mol. The van der Waals surface area contributed by atoms with E-state index in [-0.39, 0.29) is 11.4 Å². The maximum atomic E-state index is 13.3. The van der Waals surface area contributed by atoms with Gasteiger partial charge in [-0.05, 0) is 43.2 Å². The zero-order valence-electron chi connectivity index (χ0n) is 15.6. The van der Waals surface area contributed by atoms with Crippen LogP contribution in [0.3, 0.4) is 0 Å². The Hall–Kier alpha value is -2.87. The first-order chi connectivity index (χ1) is 12.5. The van der Waals surface area contributed by atoms with Gasteiger partial charge in [-0.1, -0.05) is 78.9 Å². The quantitative estimate of drug-likeness (QED) is 0.587. The molecule has 0 N–H and O–H groups in total. The van der Waals surface area contributed by atoms with Crippen molar-refractivity contribution in [1.82, 2.24) is 4.90 Å². The molecule has 1 amide bonds. The van der Waals surface area contributed by atoms with Crippen LogP contribution in [0.2, 0.25) is 0 Å². The van der Waals surface area contributed by atoms with Crippen molar-refractivity contribution in [3.8, 4) is 0 Å². The van der Waals surface area contributed by atoms with Gasteiger partial charge < -0.3 is 4.90 Å². The lowest BCUT2D eigenvalue weighted by Crippen LogP contribution is -2.45. The summed E-state index contributed by atoms with van der Waals surface area (Å²) in [6.45, 7) is 6.80. The van der Waals surface area contributed by atoms with Gasteiger partial charge in [0.05, 0.1) is 0 Å².